The molecule has 0 aliphatic rings. The smallest absolute Gasteiger partial charge is 0.136 e. The number of anilines is 1. The molecule has 1 unspecified atom stereocenters. The van der Waals surface area contributed by atoms with Gasteiger partial charge in [-0.15, -0.1) is 0 Å². The van der Waals surface area contributed by atoms with Crippen molar-refractivity contribution in [3.63, 3.8) is 0 Å². The normalized spacial score (nSPS) is 12.2. The fraction of sp³-hybridized carbons (Fsp3) is 0.500. The number of aryl methyl sites for hydroxylation is 1. The summed E-state index contributed by atoms with van der Waals surface area (Å²) in [6, 6.07) is 4.21. The Morgan fingerprint density at radius 2 is 2.29 bits per heavy atom. The third-order valence-corrected chi connectivity index (χ3v) is 3.30. The molecule has 0 spiro atoms. The van der Waals surface area contributed by atoms with E-state index in [4.69, 9.17) is 18.0 Å². The van der Waals surface area contributed by atoms with Gasteiger partial charge in [-0.1, -0.05) is 12.2 Å². The highest BCUT2D eigenvalue weighted by molar-refractivity contribution is 7.98. The highest BCUT2D eigenvalue weighted by atomic mass is 32.2. The molecule has 0 aliphatic carbocycles. The predicted octanol–water partition coefficient (Wildman–Crippen LogP) is 2.58. The summed E-state index contributed by atoms with van der Waals surface area (Å²) in [7, 11) is 0. The lowest BCUT2D eigenvalue weighted by Gasteiger charge is -2.16. The van der Waals surface area contributed by atoms with Crippen molar-refractivity contribution < 1.29 is 0 Å². The lowest BCUT2D eigenvalue weighted by Crippen LogP contribution is -2.21. The van der Waals surface area contributed by atoms with E-state index in [1.807, 2.05) is 30.8 Å². The van der Waals surface area contributed by atoms with Crippen LogP contribution in [0.1, 0.15) is 24.6 Å². The molecule has 1 rings (SSSR count). The molecule has 5 heteroatoms. The minimum Gasteiger partial charge on any atom is -0.389 e. The van der Waals surface area contributed by atoms with Gasteiger partial charge in [0.25, 0.3) is 0 Å². The van der Waals surface area contributed by atoms with Crippen LogP contribution in [0.15, 0.2) is 12.1 Å². The van der Waals surface area contributed by atoms with Crippen molar-refractivity contribution in [1.82, 2.24) is 4.98 Å². The predicted molar refractivity (Wildman–Crippen MR) is 80.9 cm³/mol. The van der Waals surface area contributed by atoms with Crippen molar-refractivity contribution in [2.24, 2.45) is 5.73 Å². The summed E-state index contributed by atoms with van der Waals surface area (Å²) in [5.41, 5.74) is 7.47. The lowest BCUT2D eigenvalue weighted by molar-refractivity contribution is 0.766. The average Bonchev–Trinajstić information content (AvgIpc) is 2.26. The summed E-state index contributed by atoms with van der Waals surface area (Å²) in [6.45, 7) is 4.10. The van der Waals surface area contributed by atoms with E-state index in [-0.39, 0.29) is 0 Å². The minimum absolute atomic E-state index is 0.366. The first kappa shape index (κ1) is 14.3. The summed E-state index contributed by atoms with van der Waals surface area (Å²) in [6.07, 6.45) is 3.20. The zero-order valence-corrected chi connectivity index (χ0v) is 12.1. The zero-order valence-electron chi connectivity index (χ0n) is 10.5. The van der Waals surface area contributed by atoms with Crippen molar-refractivity contribution >= 4 is 34.8 Å². The van der Waals surface area contributed by atoms with Crippen LogP contribution in [0.2, 0.25) is 0 Å². The molecule has 1 aromatic rings. The summed E-state index contributed by atoms with van der Waals surface area (Å²) in [5, 5.41) is 3.38. The van der Waals surface area contributed by atoms with Crippen LogP contribution in [-0.2, 0) is 0 Å². The topological polar surface area (TPSA) is 50.9 Å². The van der Waals surface area contributed by atoms with Crippen LogP contribution < -0.4 is 11.1 Å². The van der Waals surface area contributed by atoms with Gasteiger partial charge >= 0.3 is 0 Å². The Balaban J connectivity index is 2.81. The Morgan fingerprint density at radius 3 is 2.88 bits per heavy atom. The molecule has 94 valence electrons. The van der Waals surface area contributed by atoms with Gasteiger partial charge in [-0.3, -0.25) is 0 Å². The van der Waals surface area contributed by atoms with E-state index in [1.54, 1.807) is 0 Å². The molecule has 0 saturated carbocycles. The Hall–Kier alpha value is -0.810. The number of pyridine rings is 1. The Bertz CT molecular complexity index is 393. The maximum absolute atomic E-state index is 5.69. The number of nitrogens with zero attached hydrogens (tertiary/aromatic N) is 1. The molecule has 3 nitrogen and oxygen atoms in total. The first-order valence-corrected chi connectivity index (χ1v) is 7.37. The van der Waals surface area contributed by atoms with Gasteiger partial charge in [-0.05, 0) is 44.4 Å². The van der Waals surface area contributed by atoms with Gasteiger partial charge in [0.2, 0.25) is 0 Å². The van der Waals surface area contributed by atoms with Crippen molar-refractivity contribution in [3.8, 4) is 0 Å². The summed E-state index contributed by atoms with van der Waals surface area (Å²) >= 11 is 6.87. The third-order valence-electron chi connectivity index (χ3n) is 2.44. The van der Waals surface area contributed by atoms with Crippen LogP contribution in [0.4, 0.5) is 5.82 Å². The highest BCUT2D eigenvalue weighted by Gasteiger charge is 2.09. The van der Waals surface area contributed by atoms with Crippen LogP contribution >= 0.6 is 24.0 Å². The second kappa shape index (κ2) is 6.81. The number of rotatable bonds is 6. The molecule has 1 heterocycles. The van der Waals surface area contributed by atoms with E-state index < -0.39 is 0 Å². The fourth-order valence-corrected chi connectivity index (χ4v) is 2.22. The number of aromatic nitrogens is 1. The first-order chi connectivity index (χ1) is 8.04. The molecular weight excluding hydrogens is 250 g/mol. The van der Waals surface area contributed by atoms with Crippen molar-refractivity contribution in [1.29, 1.82) is 0 Å². The second-order valence-corrected chi connectivity index (χ2v) is 5.47. The van der Waals surface area contributed by atoms with Crippen molar-refractivity contribution in [2.45, 2.75) is 26.3 Å². The van der Waals surface area contributed by atoms with E-state index in [0.29, 0.717) is 11.0 Å². The Morgan fingerprint density at radius 1 is 1.59 bits per heavy atom. The number of nitrogens with two attached hydrogens (primary N) is 1. The molecule has 0 amide bonds. The van der Waals surface area contributed by atoms with Crippen LogP contribution in [-0.4, -0.2) is 28.0 Å². The molecule has 3 N–H and O–H groups in total. The molecule has 17 heavy (non-hydrogen) atoms. The summed E-state index contributed by atoms with van der Waals surface area (Å²) < 4.78 is 0. The van der Waals surface area contributed by atoms with Crippen LogP contribution in [0, 0.1) is 6.92 Å². The standard InChI is InChI=1S/C12H19N3S2/c1-8-4-5-10(11(13)16)12(14-8)15-9(2)6-7-17-3/h4-5,9H,6-7H2,1-3H3,(H2,13,16)(H,14,15). The van der Waals surface area contributed by atoms with Crippen molar-refractivity contribution in [3.05, 3.63) is 23.4 Å². The zero-order chi connectivity index (χ0) is 12.8. The Labute approximate surface area is 113 Å². The monoisotopic (exact) mass is 269 g/mol. The van der Waals surface area contributed by atoms with Crippen LogP contribution in [0.25, 0.3) is 0 Å². The van der Waals surface area contributed by atoms with Gasteiger partial charge in [0.15, 0.2) is 0 Å². The van der Waals surface area contributed by atoms with Gasteiger partial charge in [0.1, 0.15) is 10.8 Å². The van der Waals surface area contributed by atoms with Crippen LogP contribution in [0.5, 0.6) is 0 Å². The highest BCUT2D eigenvalue weighted by Crippen LogP contribution is 2.15. The quantitative estimate of drug-likeness (QED) is 0.777. The van der Waals surface area contributed by atoms with E-state index in [1.165, 1.54) is 0 Å². The maximum Gasteiger partial charge on any atom is 0.136 e. The summed E-state index contributed by atoms with van der Waals surface area (Å²) in [5.74, 6) is 1.92. The van der Waals surface area contributed by atoms with E-state index >= 15 is 0 Å². The lowest BCUT2D eigenvalue weighted by atomic mass is 10.2. The SMILES string of the molecule is CSCCC(C)Nc1nc(C)ccc1C(N)=S. The number of thioether (sulfide) groups is 1. The molecule has 0 saturated heterocycles. The second-order valence-electron chi connectivity index (χ2n) is 4.04. The molecule has 0 bridgehead atoms. The van der Waals surface area contributed by atoms with E-state index in [0.717, 1.165) is 29.2 Å². The van der Waals surface area contributed by atoms with Gasteiger partial charge < -0.3 is 11.1 Å². The first-order valence-electron chi connectivity index (χ1n) is 5.57. The minimum atomic E-state index is 0.366. The summed E-state index contributed by atoms with van der Waals surface area (Å²) in [4.78, 5) is 4.84. The number of nitrogens with one attached hydrogen (secondary N) is 1. The van der Waals surface area contributed by atoms with E-state index in [2.05, 4.69) is 23.5 Å². The Kier molecular flexibility index (Phi) is 5.71. The van der Waals surface area contributed by atoms with Gasteiger partial charge in [0.05, 0.1) is 5.56 Å². The molecular formula is C12H19N3S2. The maximum atomic E-state index is 5.69. The van der Waals surface area contributed by atoms with Gasteiger partial charge in [0, 0.05) is 11.7 Å². The van der Waals surface area contributed by atoms with Crippen molar-refractivity contribution in [2.75, 3.05) is 17.3 Å². The average molecular weight is 269 g/mol. The molecule has 0 fully saturated rings. The molecule has 1 atom stereocenters. The van der Waals surface area contributed by atoms with Crippen LogP contribution in [0.3, 0.4) is 0 Å². The third kappa shape index (κ3) is 4.52. The molecule has 0 aromatic carbocycles. The molecule has 0 radical (unpaired) electrons. The number of hydrogen-bond acceptors (Lipinski definition) is 4. The molecule has 0 aliphatic heterocycles. The number of hydrogen-bond donors (Lipinski definition) is 2. The molecule has 1 aromatic heterocycles. The van der Waals surface area contributed by atoms with Gasteiger partial charge in [-0.25, -0.2) is 4.98 Å². The number of thiocarbonyl (C=S) groups is 1. The largest absolute Gasteiger partial charge is 0.389 e. The van der Waals surface area contributed by atoms with Gasteiger partial charge in [-0.2, -0.15) is 11.8 Å². The fourth-order valence-electron chi connectivity index (χ4n) is 1.47. The van der Waals surface area contributed by atoms with E-state index in [9.17, 15) is 0 Å².